The van der Waals surface area contributed by atoms with E-state index in [1.165, 1.54) is 4.68 Å². The Morgan fingerprint density at radius 1 is 1.38 bits per heavy atom. The van der Waals surface area contributed by atoms with Crippen molar-refractivity contribution in [3.63, 3.8) is 0 Å². The van der Waals surface area contributed by atoms with Crippen molar-refractivity contribution in [2.75, 3.05) is 0 Å². The number of aryl methyl sites for hydroxylation is 1. The quantitative estimate of drug-likeness (QED) is 0.685. The molecule has 4 nitrogen and oxygen atoms in total. The number of H-pyrrole nitrogens is 1. The van der Waals surface area contributed by atoms with Gasteiger partial charge in [-0.15, -0.1) is 0 Å². The number of aromatic amines is 1. The van der Waals surface area contributed by atoms with Crippen molar-refractivity contribution in [3.05, 3.63) is 39.2 Å². The van der Waals surface area contributed by atoms with Crippen molar-refractivity contribution in [2.24, 2.45) is 7.05 Å². The number of pyridine rings is 1. The second-order valence-corrected chi connectivity index (χ2v) is 4.60. The molecule has 0 spiro atoms. The van der Waals surface area contributed by atoms with Gasteiger partial charge in [-0.3, -0.25) is 19.6 Å². The van der Waals surface area contributed by atoms with E-state index in [4.69, 9.17) is 0 Å². The van der Waals surface area contributed by atoms with Crippen LogP contribution >= 0.6 is 15.9 Å². The molecule has 0 fully saturated rings. The third-order valence-corrected chi connectivity index (χ3v) is 3.14. The van der Waals surface area contributed by atoms with Gasteiger partial charge in [0.15, 0.2) is 0 Å². The molecule has 80 valence electrons. The molecule has 0 saturated carbocycles. The summed E-state index contributed by atoms with van der Waals surface area (Å²) in [6.07, 6.45) is 1.61. The Kier molecular flexibility index (Phi) is 1.91. The van der Waals surface area contributed by atoms with Gasteiger partial charge in [-0.05, 0) is 18.2 Å². The van der Waals surface area contributed by atoms with E-state index in [1.807, 2.05) is 18.2 Å². The van der Waals surface area contributed by atoms with Crippen LogP contribution in [0.5, 0.6) is 0 Å². The fourth-order valence-corrected chi connectivity index (χ4v) is 2.20. The van der Waals surface area contributed by atoms with Crippen LogP contribution in [0.2, 0.25) is 0 Å². The van der Waals surface area contributed by atoms with Gasteiger partial charge >= 0.3 is 0 Å². The first kappa shape index (κ1) is 9.59. The third kappa shape index (κ3) is 1.21. The minimum absolute atomic E-state index is 0.0488. The predicted octanol–water partition coefficient (Wildman–Crippen LogP) is 2.18. The van der Waals surface area contributed by atoms with Crippen LogP contribution in [0.1, 0.15) is 0 Å². The second kappa shape index (κ2) is 3.18. The average molecular weight is 278 g/mol. The van der Waals surface area contributed by atoms with Gasteiger partial charge in [0, 0.05) is 23.1 Å². The van der Waals surface area contributed by atoms with Crippen LogP contribution in [-0.2, 0) is 7.05 Å². The molecule has 2 aromatic heterocycles. The van der Waals surface area contributed by atoms with Gasteiger partial charge in [0.1, 0.15) is 0 Å². The second-order valence-electron chi connectivity index (χ2n) is 3.68. The van der Waals surface area contributed by atoms with Crippen LogP contribution < -0.4 is 5.56 Å². The standard InChI is InChI=1S/C11H8BrN3O/c1-15-11(16)8-5-13-9-4-6(12)2-3-7(9)10(8)14-15/h2-5,14H,1H3. The van der Waals surface area contributed by atoms with E-state index in [2.05, 4.69) is 26.0 Å². The average Bonchev–Trinajstić information content (AvgIpc) is 2.55. The van der Waals surface area contributed by atoms with Gasteiger partial charge in [-0.25, -0.2) is 0 Å². The Morgan fingerprint density at radius 3 is 3.00 bits per heavy atom. The minimum Gasteiger partial charge on any atom is -0.294 e. The lowest BCUT2D eigenvalue weighted by atomic mass is 10.2. The summed E-state index contributed by atoms with van der Waals surface area (Å²) >= 11 is 3.40. The molecular weight excluding hydrogens is 270 g/mol. The highest BCUT2D eigenvalue weighted by Crippen LogP contribution is 2.22. The van der Waals surface area contributed by atoms with Gasteiger partial charge < -0.3 is 0 Å². The van der Waals surface area contributed by atoms with E-state index in [1.54, 1.807) is 13.2 Å². The van der Waals surface area contributed by atoms with Crippen molar-refractivity contribution < 1.29 is 0 Å². The molecule has 0 saturated heterocycles. The lowest BCUT2D eigenvalue weighted by Crippen LogP contribution is -2.11. The third-order valence-electron chi connectivity index (χ3n) is 2.65. The lowest BCUT2D eigenvalue weighted by Gasteiger charge is -1.98. The molecule has 0 aliphatic carbocycles. The number of halogens is 1. The number of fused-ring (bicyclic) bond motifs is 3. The van der Waals surface area contributed by atoms with Crippen LogP contribution in [0.25, 0.3) is 21.8 Å². The Balaban J connectivity index is 2.59. The van der Waals surface area contributed by atoms with Gasteiger partial charge in [-0.1, -0.05) is 15.9 Å². The van der Waals surface area contributed by atoms with E-state index in [-0.39, 0.29) is 5.56 Å². The van der Waals surface area contributed by atoms with E-state index in [0.29, 0.717) is 5.39 Å². The van der Waals surface area contributed by atoms with E-state index < -0.39 is 0 Å². The molecule has 5 heteroatoms. The number of nitrogens with one attached hydrogen (secondary N) is 1. The van der Waals surface area contributed by atoms with Crippen LogP contribution in [0.15, 0.2) is 33.7 Å². The summed E-state index contributed by atoms with van der Waals surface area (Å²) in [5.41, 5.74) is 1.65. The van der Waals surface area contributed by atoms with Crippen molar-refractivity contribution in [1.29, 1.82) is 0 Å². The maximum absolute atomic E-state index is 11.7. The molecule has 0 aliphatic rings. The van der Waals surface area contributed by atoms with E-state index in [9.17, 15) is 4.79 Å². The van der Waals surface area contributed by atoms with Crippen LogP contribution in [-0.4, -0.2) is 14.8 Å². The molecule has 0 radical (unpaired) electrons. The highest BCUT2D eigenvalue weighted by Gasteiger charge is 2.08. The zero-order valence-corrected chi connectivity index (χ0v) is 10.1. The van der Waals surface area contributed by atoms with Crippen molar-refractivity contribution in [1.82, 2.24) is 14.8 Å². The minimum atomic E-state index is -0.0488. The molecule has 1 N–H and O–H groups in total. The number of rotatable bonds is 0. The molecule has 0 amide bonds. The summed E-state index contributed by atoms with van der Waals surface area (Å²) in [6.45, 7) is 0. The summed E-state index contributed by atoms with van der Waals surface area (Å²) in [4.78, 5) is 16.0. The topological polar surface area (TPSA) is 50.7 Å². The van der Waals surface area contributed by atoms with Crippen molar-refractivity contribution >= 4 is 37.7 Å². The first-order valence-electron chi connectivity index (χ1n) is 4.80. The van der Waals surface area contributed by atoms with Crippen LogP contribution in [0, 0.1) is 0 Å². The Labute approximate surface area is 99.0 Å². The maximum Gasteiger partial charge on any atom is 0.275 e. The molecular formula is C11H8BrN3O. The van der Waals surface area contributed by atoms with Crippen LogP contribution in [0.3, 0.4) is 0 Å². The summed E-state index contributed by atoms with van der Waals surface area (Å²) in [5.74, 6) is 0. The molecule has 0 bridgehead atoms. The SMILES string of the molecule is Cn1[nH]c2c(cnc3cc(Br)ccc32)c1=O. The van der Waals surface area contributed by atoms with Crippen molar-refractivity contribution in [2.45, 2.75) is 0 Å². The summed E-state index contributed by atoms with van der Waals surface area (Å²) in [7, 11) is 1.70. The summed E-state index contributed by atoms with van der Waals surface area (Å²) in [6, 6.07) is 5.82. The Bertz CT molecular complexity index is 757. The van der Waals surface area contributed by atoms with E-state index >= 15 is 0 Å². The first-order chi connectivity index (χ1) is 7.66. The number of hydrogen-bond donors (Lipinski definition) is 1. The molecule has 3 rings (SSSR count). The molecule has 3 aromatic rings. The number of hydrogen-bond acceptors (Lipinski definition) is 2. The molecule has 0 aliphatic heterocycles. The largest absolute Gasteiger partial charge is 0.294 e. The first-order valence-corrected chi connectivity index (χ1v) is 5.59. The smallest absolute Gasteiger partial charge is 0.275 e. The molecule has 16 heavy (non-hydrogen) atoms. The highest BCUT2D eigenvalue weighted by atomic mass is 79.9. The number of aromatic nitrogens is 3. The molecule has 1 aromatic carbocycles. The molecule has 0 unspecified atom stereocenters. The van der Waals surface area contributed by atoms with Gasteiger partial charge in [0.2, 0.25) is 0 Å². The maximum atomic E-state index is 11.7. The van der Waals surface area contributed by atoms with E-state index in [0.717, 1.165) is 20.9 Å². The Morgan fingerprint density at radius 2 is 2.19 bits per heavy atom. The normalized spacial score (nSPS) is 11.4. The zero-order chi connectivity index (χ0) is 11.3. The molecule has 0 atom stereocenters. The predicted molar refractivity (Wildman–Crippen MR) is 66.5 cm³/mol. The molecule has 2 heterocycles. The van der Waals surface area contributed by atoms with Crippen LogP contribution in [0.4, 0.5) is 0 Å². The zero-order valence-electron chi connectivity index (χ0n) is 8.49. The van der Waals surface area contributed by atoms with Crippen molar-refractivity contribution in [3.8, 4) is 0 Å². The fraction of sp³-hybridized carbons (Fsp3) is 0.0909. The van der Waals surface area contributed by atoms with Gasteiger partial charge in [0.25, 0.3) is 5.56 Å². The summed E-state index contributed by atoms with van der Waals surface area (Å²) in [5, 5.41) is 4.62. The Hall–Kier alpha value is -1.62. The monoisotopic (exact) mass is 277 g/mol. The van der Waals surface area contributed by atoms with Gasteiger partial charge in [-0.2, -0.15) is 0 Å². The highest BCUT2D eigenvalue weighted by molar-refractivity contribution is 9.10. The van der Waals surface area contributed by atoms with Gasteiger partial charge in [0.05, 0.1) is 16.4 Å². The number of nitrogens with zero attached hydrogens (tertiary/aromatic N) is 2. The lowest BCUT2D eigenvalue weighted by molar-refractivity contribution is 0.751. The fourth-order valence-electron chi connectivity index (χ4n) is 1.85. The number of benzene rings is 1. The summed E-state index contributed by atoms with van der Waals surface area (Å²) < 4.78 is 2.44.